The van der Waals surface area contributed by atoms with Gasteiger partial charge in [-0.2, -0.15) is 13.2 Å². The quantitative estimate of drug-likeness (QED) is 0.370. The van der Waals surface area contributed by atoms with Crippen molar-refractivity contribution in [3.8, 4) is 0 Å². The summed E-state index contributed by atoms with van der Waals surface area (Å²) < 4.78 is 39.2. The minimum absolute atomic E-state index is 0.303. The van der Waals surface area contributed by atoms with Crippen molar-refractivity contribution in [3.63, 3.8) is 0 Å². The van der Waals surface area contributed by atoms with Gasteiger partial charge in [-0.1, -0.05) is 0 Å². The van der Waals surface area contributed by atoms with Crippen LogP contribution in [0.2, 0.25) is 0 Å². The Bertz CT molecular complexity index is 1470. The van der Waals surface area contributed by atoms with Crippen molar-refractivity contribution in [1.29, 1.82) is 0 Å². The molecule has 1 fully saturated rings. The van der Waals surface area contributed by atoms with Gasteiger partial charge in [-0.15, -0.1) is 5.53 Å². The minimum atomic E-state index is -4.58. The third-order valence-electron chi connectivity index (χ3n) is 7.69. The van der Waals surface area contributed by atoms with E-state index in [4.69, 9.17) is 0 Å². The van der Waals surface area contributed by atoms with E-state index in [1.807, 2.05) is 19.3 Å². The standard InChI is InChI=1S/C29H34F3N9O/c1-18(2)40-9-6-23(7-10-40)39(4)24-11-20(14-33-16-24)26-17-41(38-37-26)27-13-22(15-35-19(27)3)36-28(42)25-12-21(5-8-34-25)29(30,31)32/h5,8,11-18,23,37-38H,6-7,9-10H2,1-4H3,(H,36,42). The maximum Gasteiger partial charge on any atom is 0.416 e. The Morgan fingerprint density at radius 2 is 1.88 bits per heavy atom. The van der Waals surface area contributed by atoms with Crippen LogP contribution in [0.15, 0.2) is 55.3 Å². The van der Waals surface area contributed by atoms with Gasteiger partial charge in [0.05, 0.1) is 46.4 Å². The summed E-state index contributed by atoms with van der Waals surface area (Å²) in [6.07, 6.45) is 5.52. The van der Waals surface area contributed by atoms with Crippen molar-refractivity contribution in [1.82, 2.24) is 30.8 Å². The molecule has 0 aliphatic carbocycles. The van der Waals surface area contributed by atoms with Gasteiger partial charge in [0.15, 0.2) is 0 Å². The molecule has 5 heterocycles. The van der Waals surface area contributed by atoms with Crippen LogP contribution in [0.4, 0.5) is 30.2 Å². The van der Waals surface area contributed by atoms with Gasteiger partial charge in [-0.05, 0) is 57.9 Å². The molecular weight excluding hydrogens is 547 g/mol. The molecule has 0 unspecified atom stereocenters. The van der Waals surface area contributed by atoms with Crippen LogP contribution in [-0.4, -0.2) is 58.0 Å². The Kier molecular flexibility index (Phi) is 8.32. The number of piperidine rings is 1. The number of hydrogen-bond donors (Lipinski definition) is 3. The van der Waals surface area contributed by atoms with Crippen molar-refractivity contribution in [2.45, 2.75) is 51.9 Å². The third kappa shape index (κ3) is 6.47. The van der Waals surface area contributed by atoms with Crippen LogP contribution >= 0.6 is 0 Å². The first kappa shape index (κ1) is 29.3. The topological polar surface area (TPSA) is 102 Å². The number of aryl methyl sites for hydroxylation is 1. The van der Waals surface area contributed by atoms with E-state index in [-0.39, 0.29) is 5.69 Å². The number of hydrazine groups is 2. The molecule has 222 valence electrons. The zero-order valence-electron chi connectivity index (χ0n) is 23.9. The van der Waals surface area contributed by atoms with E-state index in [1.165, 1.54) is 6.20 Å². The number of pyridine rings is 3. The van der Waals surface area contributed by atoms with Crippen LogP contribution in [0.5, 0.6) is 0 Å². The molecule has 0 aromatic carbocycles. The smallest absolute Gasteiger partial charge is 0.370 e. The SMILES string of the molecule is Cc1ncc(NC(=O)c2cc(C(F)(F)F)ccn2)cc1N1C=C(c2cncc(N(C)C3CCN(C(C)C)CC3)c2)NN1. The molecule has 42 heavy (non-hydrogen) atoms. The average molecular weight is 582 g/mol. The van der Waals surface area contributed by atoms with Crippen LogP contribution in [0, 0.1) is 6.92 Å². The summed E-state index contributed by atoms with van der Waals surface area (Å²) in [6, 6.07) is 6.30. The van der Waals surface area contributed by atoms with E-state index in [1.54, 1.807) is 17.3 Å². The van der Waals surface area contributed by atoms with Gasteiger partial charge in [0, 0.05) is 56.4 Å². The number of amides is 1. The normalized spacial score (nSPS) is 16.4. The highest BCUT2D eigenvalue weighted by Crippen LogP contribution is 2.30. The third-order valence-corrected chi connectivity index (χ3v) is 7.69. The van der Waals surface area contributed by atoms with Gasteiger partial charge in [0.25, 0.3) is 5.91 Å². The Morgan fingerprint density at radius 1 is 1.12 bits per heavy atom. The molecule has 0 atom stereocenters. The summed E-state index contributed by atoms with van der Waals surface area (Å²) in [4.78, 5) is 30.1. The number of hydrogen-bond acceptors (Lipinski definition) is 9. The van der Waals surface area contributed by atoms with E-state index in [2.05, 4.69) is 68.0 Å². The number of likely N-dealkylation sites (tertiary alicyclic amines) is 1. The molecule has 10 nitrogen and oxygen atoms in total. The molecule has 1 saturated heterocycles. The summed E-state index contributed by atoms with van der Waals surface area (Å²) in [7, 11) is 2.11. The predicted molar refractivity (Wildman–Crippen MR) is 155 cm³/mol. The van der Waals surface area contributed by atoms with Crippen LogP contribution < -0.4 is 26.2 Å². The van der Waals surface area contributed by atoms with Gasteiger partial charge in [-0.3, -0.25) is 24.8 Å². The van der Waals surface area contributed by atoms with Crippen LogP contribution in [0.25, 0.3) is 5.70 Å². The lowest BCUT2D eigenvalue weighted by Crippen LogP contribution is -2.45. The Morgan fingerprint density at radius 3 is 2.60 bits per heavy atom. The van der Waals surface area contributed by atoms with Crippen LogP contribution in [0.1, 0.15) is 54.0 Å². The highest BCUT2D eigenvalue weighted by molar-refractivity contribution is 6.03. The van der Waals surface area contributed by atoms with E-state index in [9.17, 15) is 18.0 Å². The number of nitrogens with one attached hydrogen (secondary N) is 3. The second-order valence-corrected chi connectivity index (χ2v) is 10.8. The summed E-state index contributed by atoms with van der Waals surface area (Å²) in [5, 5.41) is 4.30. The molecule has 0 bridgehead atoms. The zero-order chi connectivity index (χ0) is 30.0. The Balaban J connectivity index is 1.29. The molecular formula is C29H34F3N9O. The first-order chi connectivity index (χ1) is 20.0. The number of carbonyl (C=O) groups excluding carboxylic acids is 1. The van der Waals surface area contributed by atoms with Crippen molar-refractivity contribution in [2.75, 3.05) is 35.4 Å². The van der Waals surface area contributed by atoms with E-state index in [0.717, 1.165) is 55.1 Å². The number of anilines is 3. The monoisotopic (exact) mass is 581 g/mol. The number of carbonyl (C=O) groups is 1. The number of halogens is 3. The van der Waals surface area contributed by atoms with Crippen molar-refractivity contribution in [2.24, 2.45) is 0 Å². The molecule has 0 spiro atoms. The predicted octanol–water partition coefficient (Wildman–Crippen LogP) is 4.59. The Labute approximate surface area is 242 Å². The second kappa shape index (κ2) is 11.9. The fourth-order valence-corrected chi connectivity index (χ4v) is 5.12. The molecule has 13 heteroatoms. The van der Waals surface area contributed by atoms with Gasteiger partial charge < -0.3 is 20.5 Å². The summed E-state index contributed by atoms with van der Waals surface area (Å²) in [6.45, 7) is 8.44. The molecule has 0 saturated carbocycles. The molecule has 5 rings (SSSR count). The Hall–Kier alpha value is -4.23. The fraction of sp³-hybridized carbons (Fsp3) is 0.379. The van der Waals surface area contributed by atoms with Crippen molar-refractivity contribution < 1.29 is 18.0 Å². The first-order valence-corrected chi connectivity index (χ1v) is 13.8. The lowest BCUT2D eigenvalue weighted by atomic mass is 10.0. The number of aromatic nitrogens is 3. The van der Waals surface area contributed by atoms with Crippen molar-refractivity contribution >= 4 is 28.7 Å². The summed E-state index contributed by atoms with van der Waals surface area (Å²) >= 11 is 0. The van der Waals surface area contributed by atoms with Gasteiger partial charge >= 0.3 is 6.18 Å². The van der Waals surface area contributed by atoms with E-state index < -0.39 is 17.6 Å². The number of nitrogens with zero attached hydrogens (tertiary/aromatic N) is 6. The van der Waals surface area contributed by atoms with Gasteiger partial charge in [0.1, 0.15) is 5.69 Å². The molecule has 3 aromatic rings. The first-order valence-electron chi connectivity index (χ1n) is 13.8. The van der Waals surface area contributed by atoms with Crippen LogP contribution in [0.3, 0.4) is 0 Å². The lowest BCUT2D eigenvalue weighted by Gasteiger charge is -2.39. The van der Waals surface area contributed by atoms with Crippen molar-refractivity contribution in [3.05, 3.63) is 77.8 Å². The minimum Gasteiger partial charge on any atom is -0.370 e. The molecule has 3 aromatic heterocycles. The van der Waals surface area contributed by atoms with Crippen LogP contribution in [-0.2, 0) is 6.18 Å². The largest absolute Gasteiger partial charge is 0.416 e. The highest BCUT2D eigenvalue weighted by Gasteiger charge is 2.31. The zero-order valence-corrected chi connectivity index (χ0v) is 23.9. The summed E-state index contributed by atoms with van der Waals surface area (Å²) in [5.41, 5.74) is 9.24. The second-order valence-electron chi connectivity index (χ2n) is 10.8. The molecule has 0 radical (unpaired) electrons. The van der Waals surface area contributed by atoms with E-state index in [0.29, 0.717) is 35.2 Å². The number of alkyl halides is 3. The molecule has 2 aliphatic heterocycles. The number of rotatable bonds is 7. The summed E-state index contributed by atoms with van der Waals surface area (Å²) in [5.74, 6) is -0.775. The van der Waals surface area contributed by atoms with E-state index >= 15 is 0 Å². The van der Waals surface area contributed by atoms with Gasteiger partial charge in [-0.25, -0.2) is 0 Å². The fourth-order valence-electron chi connectivity index (χ4n) is 5.12. The highest BCUT2D eigenvalue weighted by atomic mass is 19.4. The average Bonchev–Trinajstić information content (AvgIpc) is 3.48. The van der Waals surface area contributed by atoms with Gasteiger partial charge in [0.2, 0.25) is 0 Å². The lowest BCUT2D eigenvalue weighted by molar-refractivity contribution is -0.137. The molecule has 2 aliphatic rings. The maximum atomic E-state index is 13.1. The molecule has 3 N–H and O–H groups in total. The maximum absolute atomic E-state index is 13.1. The molecule has 1 amide bonds.